The van der Waals surface area contributed by atoms with Gasteiger partial charge in [-0.25, -0.2) is 9.31 Å². The minimum atomic E-state index is 0.0248. The van der Waals surface area contributed by atoms with Gasteiger partial charge in [-0.05, 0) is 51.1 Å². The Morgan fingerprint density at radius 2 is 2.22 bits per heavy atom. The quantitative estimate of drug-likeness (QED) is 0.840. The van der Waals surface area contributed by atoms with Gasteiger partial charge in [0.15, 0.2) is 0 Å². The lowest BCUT2D eigenvalue weighted by molar-refractivity contribution is 0.208. The van der Waals surface area contributed by atoms with E-state index in [4.69, 9.17) is 4.63 Å². The molecule has 0 saturated carbocycles. The van der Waals surface area contributed by atoms with Gasteiger partial charge in [-0.15, -0.1) is 0 Å². The molecule has 0 amide bonds. The summed E-state index contributed by atoms with van der Waals surface area (Å²) < 4.78 is 6.44. The topological polar surface area (TPSA) is 77.1 Å². The summed E-state index contributed by atoms with van der Waals surface area (Å²) in [6, 6.07) is 2.09. The molecule has 2 aromatic rings. The molecule has 23 heavy (non-hydrogen) atoms. The van der Waals surface area contributed by atoms with Crippen LogP contribution in [-0.2, 0) is 25.9 Å². The maximum atomic E-state index is 12.3. The fourth-order valence-electron chi connectivity index (χ4n) is 3.67. The lowest BCUT2D eigenvalue weighted by Crippen LogP contribution is -2.37. The van der Waals surface area contributed by atoms with Gasteiger partial charge in [0.1, 0.15) is 11.4 Å². The zero-order valence-corrected chi connectivity index (χ0v) is 13.4. The molecule has 0 spiro atoms. The van der Waals surface area contributed by atoms with E-state index < -0.39 is 0 Å². The summed E-state index contributed by atoms with van der Waals surface area (Å²) >= 11 is 0. The van der Waals surface area contributed by atoms with E-state index >= 15 is 0 Å². The van der Waals surface area contributed by atoms with Crippen LogP contribution in [0.1, 0.15) is 41.9 Å². The summed E-state index contributed by atoms with van der Waals surface area (Å²) in [5.41, 5.74) is 3.98. The van der Waals surface area contributed by atoms with Crippen LogP contribution in [0.2, 0.25) is 0 Å². The molecule has 1 aliphatic carbocycles. The molecular formula is C16H21N5O2. The highest BCUT2D eigenvalue weighted by Gasteiger charge is 2.27. The first kappa shape index (κ1) is 14.6. The number of aromatic nitrogens is 4. The second-order valence-corrected chi connectivity index (χ2v) is 6.55. The molecule has 1 aliphatic heterocycles. The molecule has 2 aromatic heterocycles. The summed E-state index contributed by atoms with van der Waals surface area (Å²) in [5, 5.41) is 12.4. The van der Waals surface area contributed by atoms with E-state index in [1.807, 2.05) is 6.92 Å². The van der Waals surface area contributed by atoms with Gasteiger partial charge in [-0.2, -0.15) is 5.10 Å². The Hall–Kier alpha value is -2.02. The zero-order chi connectivity index (χ0) is 15.8. The Labute approximate surface area is 134 Å². The minimum Gasteiger partial charge on any atom is -0.293 e. The van der Waals surface area contributed by atoms with Crippen molar-refractivity contribution in [2.24, 2.45) is 0 Å². The number of hydrogen-bond donors (Lipinski definition) is 0. The van der Waals surface area contributed by atoms with Crippen molar-refractivity contribution in [3.8, 4) is 0 Å². The highest BCUT2D eigenvalue weighted by molar-refractivity contribution is 5.22. The van der Waals surface area contributed by atoms with Crippen molar-refractivity contribution in [2.45, 2.75) is 58.2 Å². The molecule has 3 heterocycles. The molecule has 1 unspecified atom stereocenters. The predicted molar refractivity (Wildman–Crippen MR) is 83.0 cm³/mol. The Balaban J connectivity index is 1.52. The third-order valence-corrected chi connectivity index (χ3v) is 5.01. The van der Waals surface area contributed by atoms with E-state index in [9.17, 15) is 4.79 Å². The smallest absolute Gasteiger partial charge is 0.267 e. The Bertz CT molecular complexity index is 766. The average Bonchev–Trinajstić information content (AvgIpc) is 3.24. The number of aryl methyl sites for hydroxylation is 3. The summed E-state index contributed by atoms with van der Waals surface area (Å²) in [5.74, 6) is 0. The minimum absolute atomic E-state index is 0.0248. The normalized spacial score (nSPS) is 21.0. The van der Waals surface area contributed by atoms with Crippen molar-refractivity contribution >= 4 is 0 Å². The Morgan fingerprint density at radius 1 is 1.30 bits per heavy atom. The zero-order valence-electron chi connectivity index (χ0n) is 13.4. The molecule has 1 fully saturated rings. The Morgan fingerprint density at radius 3 is 3.04 bits per heavy atom. The molecule has 122 valence electrons. The van der Waals surface area contributed by atoms with Crippen molar-refractivity contribution in [3.63, 3.8) is 0 Å². The average molecular weight is 315 g/mol. The molecule has 4 rings (SSSR count). The van der Waals surface area contributed by atoms with Crippen LogP contribution in [0.4, 0.5) is 0 Å². The van der Waals surface area contributed by atoms with E-state index in [0.29, 0.717) is 12.6 Å². The number of likely N-dealkylation sites (tertiary alicyclic amines) is 1. The molecule has 0 radical (unpaired) electrons. The molecule has 7 heteroatoms. The number of nitrogens with zero attached hydrogens (tertiary/aromatic N) is 5. The number of rotatable bonds is 4. The van der Waals surface area contributed by atoms with Gasteiger partial charge in [0, 0.05) is 18.7 Å². The van der Waals surface area contributed by atoms with Gasteiger partial charge in [-0.1, -0.05) is 10.3 Å². The van der Waals surface area contributed by atoms with Gasteiger partial charge in [0.2, 0.25) is 0 Å². The third kappa shape index (κ3) is 2.81. The van der Waals surface area contributed by atoms with Crippen molar-refractivity contribution in [1.82, 2.24) is 25.0 Å². The van der Waals surface area contributed by atoms with Crippen molar-refractivity contribution in [2.75, 3.05) is 6.54 Å². The summed E-state index contributed by atoms with van der Waals surface area (Å²) in [7, 11) is 0. The molecule has 2 aliphatic rings. The van der Waals surface area contributed by atoms with Gasteiger partial charge >= 0.3 is 0 Å². The standard InChI is InChI=1S/C16H21N5O2/c1-11-15(19-23-18-11)10-20-7-3-5-13(20)9-21-16(22)8-12-4-2-6-14(12)17-21/h8,13H,2-7,9-10H2,1H3. The van der Waals surface area contributed by atoms with Crippen LogP contribution >= 0.6 is 0 Å². The van der Waals surface area contributed by atoms with E-state index in [0.717, 1.165) is 67.8 Å². The third-order valence-electron chi connectivity index (χ3n) is 5.01. The van der Waals surface area contributed by atoms with Crippen LogP contribution < -0.4 is 5.56 Å². The highest BCUT2D eigenvalue weighted by atomic mass is 16.6. The first-order chi connectivity index (χ1) is 11.2. The van der Waals surface area contributed by atoms with Crippen molar-refractivity contribution < 1.29 is 4.63 Å². The first-order valence-corrected chi connectivity index (χ1v) is 8.33. The van der Waals surface area contributed by atoms with Crippen LogP contribution in [0, 0.1) is 6.92 Å². The summed E-state index contributed by atoms with van der Waals surface area (Å²) in [6.45, 7) is 4.29. The maximum Gasteiger partial charge on any atom is 0.267 e. The maximum absolute atomic E-state index is 12.3. The fourth-order valence-corrected chi connectivity index (χ4v) is 3.67. The highest BCUT2D eigenvalue weighted by Crippen LogP contribution is 2.22. The van der Waals surface area contributed by atoms with Crippen LogP contribution in [0.25, 0.3) is 0 Å². The van der Waals surface area contributed by atoms with E-state index in [1.54, 1.807) is 10.7 Å². The number of hydrogen-bond acceptors (Lipinski definition) is 6. The lowest BCUT2D eigenvalue weighted by Gasteiger charge is -2.23. The molecule has 1 saturated heterocycles. The largest absolute Gasteiger partial charge is 0.293 e. The molecule has 0 aromatic carbocycles. The molecule has 7 nitrogen and oxygen atoms in total. The van der Waals surface area contributed by atoms with Gasteiger partial charge in [-0.3, -0.25) is 9.69 Å². The van der Waals surface area contributed by atoms with E-state index in [-0.39, 0.29) is 5.56 Å². The second-order valence-electron chi connectivity index (χ2n) is 6.55. The second kappa shape index (κ2) is 5.88. The number of fused-ring (bicyclic) bond motifs is 1. The molecule has 1 atom stereocenters. The Kier molecular flexibility index (Phi) is 3.72. The molecule has 0 bridgehead atoms. The van der Waals surface area contributed by atoms with Crippen molar-refractivity contribution in [1.29, 1.82) is 0 Å². The van der Waals surface area contributed by atoms with Gasteiger partial charge < -0.3 is 0 Å². The fraction of sp³-hybridized carbons (Fsp3) is 0.625. The van der Waals surface area contributed by atoms with Crippen LogP contribution in [0.5, 0.6) is 0 Å². The predicted octanol–water partition coefficient (Wildman–Crippen LogP) is 1.09. The summed E-state index contributed by atoms with van der Waals surface area (Å²) in [4.78, 5) is 14.6. The summed E-state index contributed by atoms with van der Waals surface area (Å²) in [6.07, 6.45) is 5.31. The van der Waals surface area contributed by atoms with Crippen molar-refractivity contribution in [3.05, 3.63) is 39.1 Å². The SMILES string of the molecule is Cc1nonc1CN1CCCC1Cn1nc2c(cc1=O)CCC2. The van der Waals surface area contributed by atoms with Gasteiger partial charge in [0.05, 0.1) is 12.2 Å². The molecule has 0 N–H and O–H groups in total. The van der Waals surface area contributed by atoms with E-state index in [1.165, 1.54) is 0 Å². The van der Waals surface area contributed by atoms with Crippen LogP contribution in [0.3, 0.4) is 0 Å². The first-order valence-electron chi connectivity index (χ1n) is 8.33. The van der Waals surface area contributed by atoms with Crippen LogP contribution in [0.15, 0.2) is 15.5 Å². The molecular weight excluding hydrogens is 294 g/mol. The monoisotopic (exact) mass is 315 g/mol. The van der Waals surface area contributed by atoms with Gasteiger partial charge in [0.25, 0.3) is 5.56 Å². The van der Waals surface area contributed by atoms with E-state index in [2.05, 4.69) is 20.3 Å². The van der Waals surface area contributed by atoms with Crippen LogP contribution in [-0.4, -0.2) is 37.6 Å². The lowest BCUT2D eigenvalue weighted by atomic mass is 10.2.